The van der Waals surface area contributed by atoms with E-state index < -0.39 is 10.2 Å². The van der Waals surface area contributed by atoms with Crippen LogP contribution in [-0.2, 0) is 21.5 Å². The Labute approximate surface area is 164 Å². The molecule has 2 aromatic rings. The van der Waals surface area contributed by atoms with Crippen molar-refractivity contribution in [1.82, 2.24) is 5.32 Å². The van der Waals surface area contributed by atoms with Crippen molar-refractivity contribution >= 4 is 21.8 Å². The van der Waals surface area contributed by atoms with Crippen LogP contribution in [0.1, 0.15) is 28.8 Å². The van der Waals surface area contributed by atoms with Crippen LogP contribution < -0.4 is 19.9 Å². The molecule has 0 aliphatic carbocycles. The molecule has 1 amide bonds. The fraction of sp³-hybridized carbons (Fsp3) is 0.316. The van der Waals surface area contributed by atoms with E-state index in [9.17, 15) is 13.2 Å². The van der Waals surface area contributed by atoms with Gasteiger partial charge in [-0.1, -0.05) is 12.1 Å². The molecule has 0 saturated carbocycles. The number of hydrogen-bond donors (Lipinski definition) is 3. The van der Waals surface area contributed by atoms with E-state index in [0.717, 1.165) is 25.0 Å². The number of carbonyl (C=O) groups is 1. The molecule has 0 bridgehead atoms. The predicted molar refractivity (Wildman–Crippen MR) is 105 cm³/mol. The first kappa shape index (κ1) is 20.1. The summed E-state index contributed by atoms with van der Waals surface area (Å²) < 4.78 is 35.6. The van der Waals surface area contributed by atoms with E-state index in [2.05, 4.69) is 10.0 Å². The largest absolute Gasteiger partial charge is 0.491 e. The highest BCUT2D eigenvalue weighted by atomic mass is 32.2. The van der Waals surface area contributed by atoms with Crippen molar-refractivity contribution in [2.24, 2.45) is 5.14 Å². The summed E-state index contributed by atoms with van der Waals surface area (Å²) in [6, 6.07) is 13.5. The topological polar surface area (TPSA) is 120 Å². The molecule has 1 heterocycles. The Morgan fingerprint density at radius 2 is 2.00 bits per heavy atom. The molecule has 28 heavy (non-hydrogen) atoms. The number of nitrogens with two attached hydrogens (primary N) is 1. The van der Waals surface area contributed by atoms with Crippen molar-refractivity contribution in [3.05, 3.63) is 59.7 Å². The SMILES string of the molecule is NS(=O)(=O)Nc1cccc(CNC(=O)c2ccc(OCC3CCCO3)cc2)c1. The first-order valence-corrected chi connectivity index (χ1v) is 10.5. The van der Waals surface area contributed by atoms with Gasteiger partial charge in [-0.25, -0.2) is 5.14 Å². The molecule has 0 radical (unpaired) electrons. The molecular weight excluding hydrogens is 382 g/mol. The van der Waals surface area contributed by atoms with Crippen LogP contribution >= 0.6 is 0 Å². The molecule has 0 spiro atoms. The summed E-state index contributed by atoms with van der Waals surface area (Å²) in [6.07, 6.45) is 2.21. The minimum absolute atomic E-state index is 0.141. The van der Waals surface area contributed by atoms with Crippen LogP contribution in [0.15, 0.2) is 48.5 Å². The van der Waals surface area contributed by atoms with E-state index >= 15 is 0 Å². The highest BCUT2D eigenvalue weighted by Gasteiger charge is 2.16. The number of hydrogen-bond acceptors (Lipinski definition) is 5. The van der Waals surface area contributed by atoms with Crippen LogP contribution in [0.3, 0.4) is 0 Å². The lowest BCUT2D eigenvalue weighted by atomic mass is 10.1. The van der Waals surface area contributed by atoms with Crippen molar-refractivity contribution in [3.63, 3.8) is 0 Å². The summed E-state index contributed by atoms with van der Waals surface area (Å²) in [5.74, 6) is 0.448. The minimum Gasteiger partial charge on any atom is -0.491 e. The van der Waals surface area contributed by atoms with Gasteiger partial charge in [-0.3, -0.25) is 9.52 Å². The molecule has 1 unspecified atom stereocenters. The molecule has 3 rings (SSSR count). The third kappa shape index (κ3) is 6.22. The fourth-order valence-corrected chi connectivity index (χ4v) is 3.32. The lowest BCUT2D eigenvalue weighted by Gasteiger charge is -2.12. The maximum Gasteiger partial charge on any atom is 0.296 e. The second-order valence-corrected chi connectivity index (χ2v) is 7.79. The van der Waals surface area contributed by atoms with Gasteiger partial charge in [0.1, 0.15) is 12.4 Å². The number of rotatable bonds is 8. The number of anilines is 1. The van der Waals surface area contributed by atoms with E-state index in [1.54, 1.807) is 48.5 Å². The zero-order valence-electron chi connectivity index (χ0n) is 15.3. The number of amides is 1. The van der Waals surface area contributed by atoms with Gasteiger partial charge >= 0.3 is 0 Å². The summed E-state index contributed by atoms with van der Waals surface area (Å²) in [7, 11) is -3.84. The van der Waals surface area contributed by atoms with Crippen LogP contribution in [0.2, 0.25) is 0 Å². The Morgan fingerprint density at radius 3 is 2.68 bits per heavy atom. The molecule has 0 aromatic heterocycles. The average Bonchev–Trinajstić information content (AvgIpc) is 3.17. The zero-order chi connectivity index (χ0) is 20.0. The van der Waals surface area contributed by atoms with Gasteiger partial charge in [0, 0.05) is 18.7 Å². The molecule has 1 aliphatic rings. The molecule has 4 N–H and O–H groups in total. The third-order valence-electron chi connectivity index (χ3n) is 4.22. The number of carbonyl (C=O) groups excluding carboxylic acids is 1. The molecule has 9 heteroatoms. The molecule has 1 fully saturated rings. The fourth-order valence-electron chi connectivity index (χ4n) is 2.86. The normalized spacial score (nSPS) is 16.5. The first-order valence-electron chi connectivity index (χ1n) is 8.91. The van der Waals surface area contributed by atoms with E-state index in [1.165, 1.54) is 0 Å². The Bertz CT molecular complexity index is 909. The van der Waals surface area contributed by atoms with Crippen molar-refractivity contribution in [2.75, 3.05) is 17.9 Å². The molecule has 1 saturated heterocycles. The van der Waals surface area contributed by atoms with Crippen LogP contribution in [-0.4, -0.2) is 33.6 Å². The van der Waals surface area contributed by atoms with Crippen molar-refractivity contribution < 1.29 is 22.7 Å². The Balaban J connectivity index is 1.51. The molecule has 1 atom stereocenters. The van der Waals surface area contributed by atoms with Gasteiger partial charge in [0.25, 0.3) is 16.1 Å². The van der Waals surface area contributed by atoms with Gasteiger partial charge in [-0.15, -0.1) is 0 Å². The Kier molecular flexibility index (Phi) is 6.50. The van der Waals surface area contributed by atoms with Gasteiger partial charge in [0.2, 0.25) is 0 Å². The van der Waals surface area contributed by atoms with Crippen molar-refractivity contribution in [3.8, 4) is 5.75 Å². The Morgan fingerprint density at radius 1 is 1.21 bits per heavy atom. The van der Waals surface area contributed by atoms with E-state index in [0.29, 0.717) is 23.6 Å². The second kappa shape index (κ2) is 9.05. The van der Waals surface area contributed by atoms with E-state index in [1.807, 2.05) is 0 Å². The number of ether oxygens (including phenoxy) is 2. The lowest BCUT2D eigenvalue weighted by molar-refractivity contribution is 0.0679. The Hall–Kier alpha value is -2.62. The molecule has 8 nitrogen and oxygen atoms in total. The van der Waals surface area contributed by atoms with Crippen LogP contribution in [0, 0.1) is 0 Å². The van der Waals surface area contributed by atoms with Gasteiger partial charge in [-0.05, 0) is 54.8 Å². The van der Waals surface area contributed by atoms with E-state index in [4.69, 9.17) is 14.6 Å². The van der Waals surface area contributed by atoms with Crippen LogP contribution in [0.25, 0.3) is 0 Å². The summed E-state index contributed by atoms with van der Waals surface area (Å²) >= 11 is 0. The highest BCUT2D eigenvalue weighted by molar-refractivity contribution is 7.90. The summed E-state index contributed by atoms with van der Waals surface area (Å²) in [4.78, 5) is 12.3. The van der Waals surface area contributed by atoms with E-state index in [-0.39, 0.29) is 18.6 Å². The maximum absolute atomic E-state index is 12.3. The van der Waals surface area contributed by atoms with Crippen molar-refractivity contribution in [1.29, 1.82) is 0 Å². The lowest BCUT2D eigenvalue weighted by Crippen LogP contribution is -2.23. The smallest absolute Gasteiger partial charge is 0.296 e. The van der Waals surface area contributed by atoms with Gasteiger partial charge in [0.15, 0.2) is 0 Å². The van der Waals surface area contributed by atoms with Crippen molar-refractivity contribution in [2.45, 2.75) is 25.5 Å². The highest BCUT2D eigenvalue weighted by Crippen LogP contribution is 2.17. The molecule has 1 aliphatic heterocycles. The zero-order valence-corrected chi connectivity index (χ0v) is 16.1. The standard InChI is InChI=1S/C19H23N3O5S/c20-28(24,25)22-16-4-1-3-14(11-16)12-21-19(23)15-6-8-17(9-7-15)27-13-18-5-2-10-26-18/h1,3-4,6-9,11,18,22H,2,5,10,12-13H2,(H,21,23)(H2,20,24,25). The van der Waals surface area contributed by atoms with Gasteiger partial charge < -0.3 is 14.8 Å². The molecular formula is C19H23N3O5S. The van der Waals surface area contributed by atoms with Crippen LogP contribution in [0.4, 0.5) is 5.69 Å². The maximum atomic E-state index is 12.3. The molecule has 2 aromatic carbocycles. The summed E-state index contributed by atoms with van der Waals surface area (Å²) in [5.41, 5.74) is 1.57. The average molecular weight is 405 g/mol. The van der Waals surface area contributed by atoms with Crippen LogP contribution in [0.5, 0.6) is 5.75 Å². The predicted octanol–water partition coefficient (Wildman–Crippen LogP) is 1.79. The minimum atomic E-state index is -3.84. The third-order valence-corrected chi connectivity index (χ3v) is 4.74. The van der Waals surface area contributed by atoms with Gasteiger partial charge in [-0.2, -0.15) is 8.42 Å². The summed E-state index contributed by atoms with van der Waals surface area (Å²) in [6.45, 7) is 1.54. The summed E-state index contributed by atoms with van der Waals surface area (Å²) in [5, 5.41) is 7.75. The second-order valence-electron chi connectivity index (χ2n) is 6.50. The number of benzene rings is 2. The van der Waals surface area contributed by atoms with Gasteiger partial charge in [0.05, 0.1) is 11.8 Å². The molecule has 150 valence electrons. The monoisotopic (exact) mass is 405 g/mol. The first-order chi connectivity index (χ1) is 13.4. The number of nitrogens with one attached hydrogen (secondary N) is 2. The quantitative estimate of drug-likeness (QED) is 0.618.